The third-order valence-corrected chi connectivity index (χ3v) is 5.65. The number of nitrogens with one attached hydrogen (secondary N) is 1. The van der Waals surface area contributed by atoms with Gasteiger partial charge in [0.2, 0.25) is 5.91 Å². The molecule has 2 aliphatic rings. The van der Waals surface area contributed by atoms with E-state index in [1.165, 1.54) is 0 Å². The molecule has 2 aliphatic heterocycles. The predicted octanol–water partition coefficient (Wildman–Crippen LogP) is 2.08. The number of carbonyl (C=O) groups excluding carboxylic acids is 1. The number of benzene rings is 1. The van der Waals surface area contributed by atoms with Gasteiger partial charge in [-0.15, -0.1) is 0 Å². The molecule has 0 spiro atoms. The van der Waals surface area contributed by atoms with Crippen LogP contribution in [0.1, 0.15) is 0 Å². The predicted molar refractivity (Wildman–Crippen MR) is 93.1 cm³/mol. The maximum absolute atomic E-state index is 12.7. The Hall–Kier alpha value is -1.47. The first kappa shape index (κ1) is 15.1. The number of aromatic nitrogens is 1. The van der Waals surface area contributed by atoms with Crippen LogP contribution in [0.5, 0.6) is 0 Å². The van der Waals surface area contributed by atoms with Crippen LogP contribution in [0.4, 0.5) is 5.13 Å². The van der Waals surface area contributed by atoms with Crippen LogP contribution in [0.15, 0.2) is 30.5 Å². The van der Waals surface area contributed by atoms with Gasteiger partial charge in [0.15, 0.2) is 5.13 Å². The van der Waals surface area contributed by atoms with E-state index in [4.69, 9.17) is 11.6 Å². The smallest absolute Gasteiger partial charge is 0.247 e. The molecule has 1 amide bonds. The number of nitrogens with zero attached hydrogens (tertiary/aromatic N) is 3. The van der Waals surface area contributed by atoms with Gasteiger partial charge in [-0.3, -0.25) is 14.6 Å². The van der Waals surface area contributed by atoms with Gasteiger partial charge in [0.05, 0.1) is 4.88 Å². The van der Waals surface area contributed by atoms with Crippen molar-refractivity contribution in [3.8, 4) is 10.4 Å². The average Bonchev–Trinajstić information content (AvgIpc) is 3.05. The van der Waals surface area contributed by atoms with Gasteiger partial charge >= 0.3 is 0 Å². The van der Waals surface area contributed by atoms with Crippen LogP contribution >= 0.6 is 22.9 Å². The van der Waals surface area contributed by atoms with Gasteiger partial charge in [-0.2, -0.15) is 0 Å². The summed E-state index contributed by atoms with van der Waals surface area (Å²) < 4.78 is 0. The van der Waals surface area contributed by atoms with Gasteiger partial charge in [-0.1, -0.05) is 35.1 Å². The summed E-state index contributed by atoms with van der Waals surface area (Å²) in [5, 5.41) is 4.78. The molecule has 1 aromatic carbocycles. The molecule has 2 aromatic rings. The van der Waals surface area contributed by atoms with E-state index in [1.807, 2.05) is 35.4 Å². The van der Waals surface area contributed by atoms with Crippen LogP contribution in [-0.2, 0) is 4.79 Å². The van der Waals surface area contributed by atoms with Crippen molar-refractivity contribution >= 4 is 34.0 Å². The maximum atomic E-state index is 12.7. The summed E-state index contributed by atoms with van der Waals surface area (Å²) in [4.78, 5) is 22.3. The first-order chi connectivity index (χ1) is 11.2. The highest BCUT2D eigenvalue weighted by molar-refractivity contribution is 7.19. The Bertz CT molecular complexity index is 734. The highest BCUT2D eigenvalue weighted by atomic mass is 35.5. The van der Waals surface area contributed by atoms with Gasteiger partial charge in [0, 0.05) is 43.9 Å². The van der Waals surface area contributed by atoms with Crippen molar-refractivity contribution in [2.24, 2.45) is 0 Å². The minimum Gasteiger partial charge on any atom is -0.313 e. The first-order valence-electron chi connectivity index (χ1n) is 7.70. The van der Waals surface area contributed by atoms with Crippen LogP contribution in [0.25, 0.3) is 10.4 Å². The second-order valence-corrected chi connectivity index (χ2v) is 7.21. The van der Waals surface area contributed by atoms with E-state index in [2.05, 4.69) is 15.2 Å². The molecule has 0 bridgehead atoms. The van der Waals surface area contributed by atoms with Gasteiger partial charge in [0.25, 0.3) is 0 Å². The highest BCUT2D eigenvalue weighted by Gasteiger charge is 2.37. The Balaban J connectivity index is 1.58. The summed E-state index contributed by atoms with van der Waals surface area (Å²) in [6.45, 7) is 4.24. The molecule has 0 radical (unpaired) electrons. The molecule has 23 heavy (non-hydrogen) atoms. The summed E-state index contributed by atoms with van der Waals surface area (Å²) >= 11 is 7.60. The molecule has 0 saturated carbocycles. The van der Waals surface area contributed by atoms with Crippen LogP contribution in [0.3, 0.4) is 0 Å². The second-order valence-electron chi connectivity index (χ2n) is 5.76. The number of anilines is 1. The Morgan fingerprint density at radius 2 is 2.22 bits per heavy atom. The fourth-order valence-electron chi connectivity index (χ4n) is 3.13. The lowest BCUT2D eigenvalue weighted by Gasteiger charge is -2.42. The van der Waals surface area contributed by atoms with E-state index in [9.17, 15) is 4.79 Å². The van der Waals surface area contributed by atoms with Crippen molar-refractivity contribution < 1.29 is 4.79 Å². The molecule has 3 heterocycles. The zero-order valence-electron chi connectivity index (χ0n) is 12.5. The van der Waals surface area contributed by atoms with E-state index < -0.39 is 0 Å². The summed E-state index contributed by atoms with van der Waals surface area (Å²) in [6.07, 6.45) is 1.82. The third-order valence-electron chi connectivity index (χ3n) is 4.35. The average molecular weight is 349 g/mol. The van der Waals surface area contributed by atoms with Crippen LogP contribution < -0.4 is 10.2 Å². The number of hydrogen-bond acceptors (Lipinski definition) is 5. The largest absolute Gasteiger partial charge is 0.313 e. The fourth-order valence-corrected chi connectivity index (χ4v) is 4.26. The molecule has 0 aliphatic carbocycles. The van der Waals surface area contributed by atoms with Gasteiger partial charge in [0.1, 0.15) is 6.04 Å². The van der Waals surface area contributed by atoms with Crippen LogP contribution in [0, 0.1) is 0 Å². The number of halogens is 1. The quantitative estimate of drug-likeness (QED) is 0.902. The zero-order valence-corrected chi connectivity index (χ0v) is 14.1. The van der Waals surface area contributed by atoms with Crippen LogP contribution in [-0.4, -0.2) is 54.6 Å². The zero-order chi connectivity index (χ0) is 15.8. The molecule has 1 aromatic heterocycles. The monoisotopic (exact) mass is 348 g/mol. The maximum Gasteiger partial charge on any atom is 0.247 e. The molecule has 5 nitrogen and oxygen atoms in total. The molecule has 7 heteroatoms. The molecular formula is C16H17ClN4OS. The first-order valence-corrected chi connectivity index (χ1v) is 8.90. The number of rotatable bonds is 2. The second kappa shape index (κ2) is 6.20. The molecule has 1 atom stereocenters. The molecule has 4 rings (SSSR count). The molecule has 120 valence electrons. The third kappa shape index (κ3) is 2.87. The van der Waals surface area contributed by atoms with Gasteiger partial charge < -0.3 is 5.32 Å². The normalized spacial score (nSPS) is 22.2. The lowest BCUT2D eigenvalue weighted by atomic mass is 10.1. The van der Waals surface area contributed by atoms with Crippen molar-refractivity contribution in [2.75, 3.05) is 37.6 Å². The van der Waals surface area contributed by atoms with Gasteiger partial charge in [-0.05, 0) is 17.7 Å². The van der Waals surface area contributed by atoms with Crippen molar-refractivity contribution in [3.63, 3.8) is 0 Å². The topological polar surface area (TPSA) is 48.5 Å². The lowest BCUT2D eigenvalue weighted by molar-refractivity contribution is -0.126. The minimum absolute atomic E-state index is 0.0592. The molecule has 0 unspecified atom stereocenters. The number of carbonyl (C=O) groups is 1. The number of amides is 1. The Morgan fingerprint density at radius 3 is 3.09 bits per heavy atom. The summed E-state index contributed by atoms with van der Waals surface area (Å²) in [5.41, 5.74) is 1.03. The molecule has 1 N–H and O–H groups in total. The van der Waals surface area contributed by atoms with Crippen molar-refractivity contribution in [3.05, 3.63) is 35.5 Å². The fraction of sp³-hybridized carbons (Fsp3) is 0.375. The lowest BCUT2D eigenvalue weighted by Crippen LogP contribution is -2.64. The molecule has 2 saturated heterocycles. The van der Waals surface area contributed by atoms with E-state index in [-0.39, 0.29) is 11.9 Å². The Kier molecular flexibility index (Phi) is 4.07. The van der Waals surface area contributed by atoms with Crippen molar-refractivity contribution in [1.82, 2.24) is 15.2 Å². The SMILES string of the molecule is O=C1[C@@H]2CNCCN2CCN1c1ncc(-c2cccc(Cl)c2)s1. The van der Waals surface area contributed by atoms with E-state index >= 15 is 0 Å². The summed E-state index contributed by atoms with van der Waals surface area (Å²) in [5.74, 6) is 0.149. The number of piperazine rings is 2. The summed E-state index contributed by atoms with van der Waals surface area (Å²) in [6, 6.07) is 7.65. The van der Waals surface area contributed by atoms with Crippen molar-refractivity contribution in [1.29, 1.82) is 0 Å². The van der Waals surface area contributed by atoms with E-state index in [0.717, 1.165) is 41.8 Å². The minimum atomic E-state index is -0.0592. The summed E-state index contributed by atoms with van der Waals surface area (Å²) in [7, 11) is 0. The van der Waals surface area contributed by atoms with Crippen LogP contribution in [0.2, 0.25) is 5.02 Å². The molecule has 2 fully saturated rings. The molecular weight excluding hydrogens is 332 g/mol. The van der Waals surface area contributed by atoms with E-state index in [0.29, 0.717) is 11.6 Å². The standard InChI is InChI=1S/C16H17ClN4OS/c17-12-3-1-2-11(8-12)14-10-19-16(23-14)21-7-6-20-5-4-18-9-13(20)15(21)22/h1-3,8,10,13,18H,4-7,9H2/t13-/m0/s1. The Labute approximate surface area is 143 Å². The van der Waals surface area contributed by atoms with Crippen molar-refractivity contribution in [2.45, 2.75) is 6.04 Å². The van der Waals surface area contributed by atoms with E-state index in [1.54, 1.807) is 11.3 Å². The number of fused-ring (bicyclic) bond motifs is 1. The highest BCUT2D eigenvalue weighted by Crippen LogP contribution is 2.33. The number of hydrogen-bond donors (Lipinski definition) is 1. The Morgan fingerprint density at radius 1 is 1.30 bits per heavy atom. The number of thiazole rings is 1. The van der Waals surface area contributed by atoms with Gasteiger partial charge in [-0.25, -0.2) is 4.98 Å².